The zero-order valence-electron chi connectivity index (χ0n) is 30.0. The van der Waals surface area contributed by atoms with Gasteiger partial charge in [-0.1, -0.05) is 146 Å². The van der Waals surface area contributed by atoms with Crippen molar-refractivity contribution in [2.75, 3.05) is 0 Å². The number of nitrogens with zero attached hydrogens (tertiary/aromatic N) is 5. The van der Waals surface area contributed by atoms with E-state index in [1.54, 1.807) is 0 Å². The molecule has 0 unspecified atom stereocenters. The molecule has 4 aromatic heterocycles. The summed E-state index contributed by atoms with van der Waals surface area (Å²) in [6, 6.07) is 63.0. The van der Waals surface area contributed by atoms with Crippen molar-refractivity contribution in [3.05, 3.63) is 176 Å². The monoisotopic (exact) mass is 711 g/mol. The summed E-state index contributed by atoms with van der Waals surface area (Å²) in [5.41, 5.74) is 9.98. The van der Waals surface area contributed by atoms with Gasteiger partial charge in [0.1, 0.15) is 0 Å². The van der Waals surface area contributed by atoms with Crippen molar-refractivity contribution in [2.45, 2.75) is 0 Å². The van der Waals surface area contributed by atoms with Crippen LogP contribution in [0.4, 0.5) is 0 Å². The molecule has 13 aromatic rings. The Kier molecular flexibility index (Phi) is 5.83. The van der Waals surface area contributed by atoms with Crippen LogP contribution in [0, 0.1) is 0 Å². The topological polar surface area (TPSA) is 48.0 Å². The van der Waals surface area contributed by atoms with Gasteiger partial charge in [0.15, 0.2) is 11.6 Å². The third kappa shape index (κ3) is 4.01. The Morgan fingerprint density at radius 1 is 0.321 bits per heavy atom. The Morgan fingerprint density at radius 3 is 1.75 bits per heavy atom. The van der Waals surface area contributed by atoms with Gasteiger partial charge in [0.25, 0.3) is 0 Å². The first-order chi connectivity index (χ1) is 27.8. The van der Waals surface area contributed by atoms with Gasteiger partial charge in [-0.3, -0.25) is 4.57 Å². The van der Waals surface area contributed by atoms with Gasteiger partial charge in [0.2, 0.25) is 5.95 Å². The number of benzene rings is 9. The van der Waals surface area contributed by atoms with Crippen molar-refractivity contribution in [2.24, 2.45) is 0 Å². The van der Waals surface area contributed by atoms with Crippen LogP contribution in [0.1, 0.15) is 0 Å². The SMILES string of the molecule is c1ccc(-c2ccc(-c3nc(-c4ccc5ccccc5c4)nc(-n4c5ccc6cccc7c6c5c5c6c(ccc8c9ccccc9n7c86)ccc54)n3)cc2)cc1. The molecule has 5 heteroatoms. The average molecular weight is 712 g/mol. The summed E-state index contributed by atoms with van der Waals surface area (Å²) >= 11 is 0. The van der Waals surface area contributed by atoms with Gasteiger partial charge < -0.3 is 4.40 Å². The lowest BCUT2D eigenvalue weighted by atomic mass is 9.98. The molecule has 0 atom stereocenters. The first kappa shape index (κ1) is 29.8. The van der Waals surface area contributed by atoms with E-state index in [9.17, 15) is 0 Å². The van der Waals surface area contributed by atoms with E-state index in [1.165, 1.54) is 70.6 Å². The summed E-state index contributed by atoms with van der Waals surface area (Å²) in [5.74, 6) is 1.86. The molecule has 0 bridgehead atoms. The van der Waals surface area contributed by atoms with E-state index in [-0.39, 0.29) is 0 Å². The molecule has 9 aromatic carbocycles. The largest absolute Gasteiger partial charge is 0.308 e. The van der Waals surface area contributed by atoms with Gasteiger partial charge in [0, 0.05) is 43.4 Å². The highest BCUT2D eigenvalue weighted by atomic mass is 15.2. The first-order valence-corrected chi connectivity index (χ1v) is 19.0. The Labute approximate surface area is 320 Å². The summed E-state index contributed by atoms with van der Waals surface area (Å²) in [4.78, 5) is 15.9. The summed E-state index contributed by atoms with van der Waals surface area (Å²) in [5, 5.41) is 12.2. The highest BCUT2D eigenvalue weighted by molar-refractivity contribution is 6.37. The quantitative estimate of drug-likeness (QED) is 0.183. The Balaban J connectivity index is 1.15. The van der Waals surface area contributed by atoms with E-state index in [1.807, 2.05) is 6.07 Å². The molecular formula is C51H29N5. The van der Waals surface area contributed by atoms with Crippen LogP contribution < -0.4 is 0 Å². The first-order valence-electron chi connectivity index (χ1n) is 19.0. The highest BCUT2D eigenvalue weighted by Gasteiger charge is 2.25. The predicted molar refractivity (Wildman–Crippen MR) is 231 cm³/mol. The molecule has 0 amide bonds. The molecule has 13 rings (SSSR count). The molecule has 0 saturated heterocycles. The number of para-hydroxylation sites is 1. The summed E-state index contributed by atoms with van der Waals surface area (Å²) in [6.45, 7) is 0. The second kappa shape index (κ2) is 11.0. The Morgan fingerprint density at radius 2 is 0.911 bits per heavy atom. The van der Waals surface area contributed by atoms with E-state index in [4.69, 9.17) is 15.0 Å². The number of rotatable bonds is 4. The standard InChI is InChI=1S/C51H29N5/c1-2-9-30(10-3-1)32-17-20-35(21-18-32)49-52-50(37-22-19-31-11-4-5-12-36(31)29-37)54-51(53-49)56-42-27-24-33-13-8-16-41-44(33)46(42)47-43(56)28-25-34-23-26-39-38-14-6-7-15-40(38)55(41)48(39)45(34)47/h1-29H. The molecule has 258 valence electrons. The normalized spacial score (nSPS) is 12.3. The van der Waals surface area contributed by atoms with Gasteiger partial charge in [-0.15, -0.1) is 0 Å². The van der Waals surface area contributed by atoms with Crippen molar-refractivity contribution in [1.82, 2.24) is 23.9 Å². The van der Waals surface area contributed by atoms with Gasteiger partial charge in [0.05, 0.1) is 27.6 Å². The molecule has 0 spiro atoms. The van der Waals surface area contributed by atoms with Gasteiger partial charge in [-0.05, 0) is 63.0 Å². The third-order valence-corrected chi connectivity index (χ3v) is 11.9. The van der Waals surface area contributed by atoms with Gasteiger partial charge in [-0.25, -0.2) is 4.98 Å². The van der Waals surface area contributed by atoms with Crippen molar-refractivity contribution < 1.29 is 0 Å². The van der Waals surface area contributed by atoms with Crippen LogP contribution in [-0.2, 0) is 0 Å². The van der Waals surface area contributed by atoms with E-state index in [0.29, 0.717) is 17.6 Å². The summed E-state index contributed by atoms with van der Waals surface area (Å²) in [6.07, 6.45) is 0. The van der Waals surface area contributed by atoms with Crippen LogP contribution in [0.25, 0.3) is 121 Å². The average Bonchev–Trinajstić information content (AvgIpc) is 3.75. The minimum Gasteiger partial charge on any atom is -0.308 e. The molecule has 0 aliphatic carbocycles. The van der Waals surface area contributed by atoms with Crippen molar-refractivity contribution in [3.63, 3.8) is 0 Å². The fourth-order valence-corrected chi connectivity index (χ4v) is 9.36. The summed E-state index contributed by atoms with van der Waals surface area (Å²) in [7, 11) is 0. The molecule has 4 heterocycles. The van der Waals surface area contributed by atoms with Crippen LogP contribution in [0.3, 0.4) is 0 Å². The van der Waals surface area contributed by atoms with Crippen LogP contribution in [-0.4, -0.2) is 23.9 Å². The van der Waals surface area contributed by atoms with Crippen molar-refractivity contribution in [1.29, 1.82) is 0 Å². The van der Waals surface area contributed by atoms with E-state index >= 15 is 0 Å². The highest BCUT2D eigenvalue weighted by Crippen LogP contribution is 2.47. The Hall–Kier alpha value is -7.63. The van der Waals surface area contributed by atoms with Crippen molar-refractivity contribution >= 4 is 81.4 Å². The minimum atomic E-state index is 0.592. The molecule has 5 nitrogen and oxygen atoms in total. The lowest BCUT2D eigenvalue weighted by molar-refractivity contribution is 0.954. The molecular weight excluding hydrogens is 683 g/mol. The third-order valence-electron chi connectivity index (χ3n) is 11.9. The summed E-state index contributed by atoms with van der Waals surface area (Å²) < 4.78 is 4.77. The molecule has 0 aliphatic heterocycles. The number of aromatic nitrogens is 5. The van der Waals surface area contributed by atoms with Crippen LogP contribution in [0.5, 0.6) is 0 Å². The van der Waals surface area contributed by atoms with Crippen molar-refractivity contribution in [3.8, 4) is 39.9 Å². The van der Waals surface area contributed by atoms with Crippen LogP contribution >= 0.6 is 0 Å². The lowest BCUT2D eigenvalue weighted by Gasteiger charge is -2.12. The van der Waals surface area contributed by atoms with Crippen LogP contribution in [0.15, 0.2) is 176 Å². The maximum Gasteiger partial charge on any atom is 0.238 e. The predicted octanol–water partition coefficient (Wildman–Crippen LogP) is 12.9. The second-order valence-corrected chi connectivity index (χ2v) is 14.8. The number of hydrogen-bond donors (Lipinski definition) is 0. The zero-order valence-corrected chi connectivity index (χ0v) is 30.0. The van der Waals surface area contributed by atoms with Crippen LogP contribution in [0.2, 0.25) is 0 Å². The molecule has 56 heavy (non-hydrogen) atoms. The molecule has 0 radical (unpaired) electrons. The zero-order chi connectivity index (χ0) is 36.5. The molecule has 0 saturated carbocycles. The molecule has 0 N–H and O–H groups in total. The molecule has 0 fully saturated rings. The smallest absolute Gasteiger partial charge is 0.238 e. The van der Waals surface area contributed by atoms with E-state index < -0.39 is 0 Å². The fraction of sp³-hybridized carbons (Fsp3) is 0. The lowest BCUT2D eigenvalue weighted by Crippen LogP contribution is -2.06. The maximum atomic E-state index is 5.35. The van der Waals surface area contributed by atoms with Gasteiger partial charge in [-0.2, -0.15) is 9.97 Å². The van der Waals surface area contributed by atoms with E-state index in [0.717, 1.165) is 33.1 Å². The van der Waals surface area contributed by atoms with Gasteiger partial charge >= 0.3 is 0 Å². The second-order valence-electron chi connectivity index (χ2n) is 14.8. The maximum absolute atomic E-state index is 5.35. The number of fused-ring (bicyclic) bond motifs is 5. The number of hydrogen-bond acceptors (Lipinski definition) is 3. The van der Waals surface area contributed by atoms with E-state index in [2.05, 4.69) is 179 Å². The Bertz CT molecular complexity index is 3690. The molecule has 0 aliphatic rings. The minimum absolute atomic E-state index is 0.592. The fourth-order valence-electron chi connectivity index (χ4n) is 9.36.